The third-order valence-electron chi connectivity index (χ3n) is 3.16. The van der Waals surface area contributed by atoms with Crippen molar-refractivity contribution in [3.05, 3.63) is 23.8 Å². The number of primary amides is 1. The molecular formula is C16H24N2O5. The second kappa shape index (κ2) is 8.99. The van der Waals surface area contributed by atoms with Gasteiger partial charge in [-0.05, 0) is 30.0 Å². The highest BCUT2D eigenvalue weighted by Gasteiger charge is 2.18. The summed E-state index contributed by atoms with van der Waals surface area (Å²) >= 11 is 0. The fourth-order valence-corrected chi connectivity index (χ4v) is 2.07. The van der Waals surface area contributed by atoms with Gasteiger partial charge in [0.1, 0.15) is 6.04 Å². The van der Waals surface area contributed by atoms with Gasteiger partial charge in [-0.15, -0.1) is 0 Å². The normalized spacial score (nSPS) is 12.0. The van der Waals surface area contributed by atoms with Gasteiger partial charge in [0.2, 0.25) is 0 Å². The molecule has 1 amide bonds. The summed E-state index contributed by atoms with van der Waals surface area (Å²) in [5.74, 6) is -0.293. The lowest BCUT2D eigenvalue weighted by Crippen LogP contribution is -2.37. The fraction of sp³-hybridized carbons (Fsp3) is 0.500. The van der Waals surface area contributed by atoms with Crippen LogP contribution >= 0.6 is 0 Å². The molecule has 0 spiro atoms. The van der Waals surface area contributed by atoms with Gasteiger partial charge < -0.3 is 25.6 Å². The summed E-state index contributed by atoms with van der Waals surface area (Å²) in [7, 11) is 1.49. The zero-order valence-corrected chi connectivity index (χ0v) is 13.7. The molecule has 1 rings (SSSR count). The Morgan fingerprint density at radius 3 is 2.52 bits per heavy atom. The Hall–Kier alpha value is -2.28. The summed E-state index contributed by atoms with van der Waals surface area (Å²) in [6, 6.07) is 4.57. The van der Waals surface area contributed by atoms with Gasteiger partial charge in [-0.1, -0.05) is 19.9 Å². The largest absolute Gasteiger partial charge is 0.493 e. The third-order valence-corrected chi connectivity index (χ3v) is 3.16. The first-order chi connectivity index (χ1) is 10.8. The van der Waals surface area contributed by atoms with E-state index in [2.05, 4.69) is 5.32 Å². The number of amides is 1. The summed E-state index contributed by atoms with van der Waals surface area (Å²) in [6.45, 7) is 4.11. The van der Waals surface area contributed by atoms with Gasteiger partial charge in [-0.25, -0.2) is 0 Å². The van der Waals surface area contributed by atoms with Crippen molar-refractivity contribution in [3.8, 4) is 11.5 Å². The highest BCUT2D eigenvalue weighted by molar-refractivity contribution is 5.75. The number of benzene rings is 1. The molecule has 0 aliphatic carbocycles. The second-order valence-electron chi connectivity index (χ2n) is 5.64. The molecule has 0 heterocycles. The van der Waals surface area contributed by atoms with E-state index in [1.165, 1.54) is 7.11 Å². The fourth-order valence-electron chi connectivity index (χ4n) is 2.07. The number of hydrogen-bond donors (Lipinski definition) is 3. The van der Waals surface area contributed by atoms with Crippen LogP contribution in [0.25, 0.3) is 0 Å². The predicted octanol–water partition coefficient (Wildman–Crippen LogP) is 1.15. The lowest BCUT2D eigenvalue weighted by molar-refractivity contribution is -0.140. The Kier molecular flexibility index (Phi) is 7.34. The first-order valence-corrected chi connectivity index (χ1v) is 7.37. The molecule has 4 N–H and O–H groups in total. The number of rotatable bonds is 10. The van der Waals surface area contributed by atoms with Crippen molar-refractivity contribution in [2.75, 3.05) is 13.7 Å². The molecule has 1 unspecified atom stereocenters. The lowest BCUT2D eigenvalue weighted by Gasteiger charge is -2.17. The molecule has 128 valence electrons. The van der Waals surface area contributed by atoms with Crippen molar-refractivity contribution in [2.24, 2.45) is 11.7 Å². The first kappa shape index (κ1) is 18.8. The molecule has 1 atom stereocenters. The quantitative estimate of drug-likeness (QED) is 0.595. The van der Waals surface area contributed by atoms with Crippen LogP contribution in [0.5, 0.6) is 11.5 Å². The lowest BCUT2D eigenvalue weighted by atomic mass is 10.0. The van der Waals surface area contributed by atoms with Crippen LogP contribution in [0.4, 0.5) is 0 Å². The molecule has 23 heavy (non-hydrogen) atoms. The molecule has 0 bridgehead atoms. The molecule has 0 radical (unpaired) electrons. The zero-order valence-electron chi connectivity index (χ0n) is 13.7. The number of carboxylic acids is 1. The van der Waals surface area contributed by atoms with E-state index >= 15 is 0 Å². The molecule has 0 fully saturated rings. The maximum absolute atomic E-state index is 11.2. The molecule has 7 nitrogen and oxygen atoms in total. The summed E-state index contributed by atoms with van der Waals surface area (Å²) < 4.78 is 10.5. The van der Waals surface area contributed by atoms with E-state index in [0.29, 0.717) is 24.5 Å². The van der Waals surface area contributed by atoms with Crippen LogP contribution in [0.15, 0.2) is 18.2 Å². The maximum Gasteiger partial charge on any atom is 0.320 e. The summed E-state index contributed by atoms with van der Waals surface area (Å²) in [4.78, 5) is 22.0. The van der Waals surface area contributed by atoms with Crippen molar-refractivity contribution in [3.63, 3.8) is 0 Å². The number of nitrogens with one attached hydrogen (secondary N) is 1. The average Bonchev–Trinajstić information content (AvgIpc) is 2.48. The minimum atomic E-state index is -0.868. The number of carbonyl (C=O) groups is 2. The van der Waals surface area contributed by atoms with E-state index in [0.717, 1.165) is 5.56 Å². The molecule has 0 aliphatic rings. The summed E-state index contributed by atoms with van der Waals surface area (Å²) in [5, 5.41) is 12.2. The Morgan fingerprint density at radius 1 is 1.30 bits per heavy atom. The minimum absolute atomic E-state index is 0.233. The summed E-state index contributed by atoms with van der Waals surface area (Å²) in [6.07, 6.45) is 0.548. The van der Waals surface area contributed by atoms with E-state index in [-0.39, 0.29) is 12.5 Å². The molecule has 1 aromatic rings. The van der Waals surface area contributed by atoms with Crippen molar-refractivity contribution in [1.82, 2.24) is 5.32 Å². The van der Waals surface area contributed by atoms with Gasteiger partial charge in [-0.2, -0.15) is 0 Å². The van der Waals surface area contributed by atoms with Crippen molar-refractivity contribution >= 4 is 11.9 Å². The molecule has 0 saturated carbocycles. The molecule has 0 aromatic heterocycles. The zero-order chi connectivity index (χ0) is 17.4. The standard InChI is InChI=1S/C16H24N2O5/c1-10(2)6-12(16(20)21)18-8-11-4-5-13(14(7-11)22-3)23-9-15(17)19/h4-5,7,10,12,18H,6,8-9H2,1-3H3,(H2,17,19)(H,20,21). The van der Waals surface area contributed by atoms with Gasteiger partial charge in [0, 0.05) is 6.54 Å². The van der Waals surface area contributed by atoms with Crippen LogP contribution in [0.1, 0.15) is 25.8 Å². The van der Waals surface area contributed by atoms with Crippen LogP contribution in [-0.2, 0) is 16.1 Å². The Morgan fingerprint density at radius 2 is 2.00 bits per heavy atom. The highest BCUT2D eigenvalue weighted by Crippen LogP contribution is 2.28. The number of nitrogens with two attached hydrogens (primary N) is 1. The van der Waals surface area contributed by atoms with Crippen LogP contribution in [0, 0.1) is 5.92 Å². The van der Waals surface area contributed by atoms with E-state index in [4.69, 9.17) is 15.2 Å². The van der Waals surface area contributed by atoms with Crippen LogP contribution in [-0.4, -0.2) is 36.7 Å². The second-order valence-corrected chi connectivity index (χ2v) is 5.64. The maximum atomic E-state index is 11.2. The van der Waals surface area contributed by atoms with Crippen molar-refractivity contribution in [1.29, 1.82) is 0 Å². The van der Waals surface area contributed by atoms with Crippen LogP contribution in [0.3, 0.4) is 0 Å². The number of carbonyl (C=O) groups excluding carboxylic acids is 1. The summed E-state index contributed by atoms with van der Waals surface area (Å²) in [5.41, 5.74) is 5.89. The van der Waals surface area contributed by atoms with Crippen LogP contribution < -0.4 is 20.5 Å². The van der Waals surface area contributed by atoms with E-state index < -0.39 is 17.9 Å². The van der Waals surface area contributed by atoms with E-state index in [1.807, 2.05) is 13.8 Å². The van der Waals surface area contributed by atoms with Gasteiger partial charge in [-0.3, -0.25) is 9.59 Å². The molecule has 0 saturated heterocycles. The molecule has 0 aliphatic heterocycles. The Bertz CT molecular complexity index is 545. The number of ether oxygens (including phenoxy) is 2. The molecule has 1 aromatic carbocycles. The van der Waals surface area contributed by atoms with Crippen LogP contribution in [0.2, 0.25) is 0 Å². The number of methoxy groups -OCH3 is 1. The molecule has 7 heteroatoms. The van der Waals surface area contributed by atoms with E-state index in [1.54, 1.807) is 18.2 Å². The smallest absolute Gasteiger partial charge is 0.320 e. The van der Waals surface area contributed by atoms with Gasteiger partial charge in [0.25, 0.3) is 5.91 Å². The van der Waals surface area contributed by atoms with E-state index in [9.17, 15) is 14.7 Å². The average molecular weight is 324 g/mol. The topological polar surface area (TPSA) is 111 Å². The monoisotopic (exact) mass is 324 g/mol. The van der Waals surface area contributed by atoms with Crippen molar-refractivity contribution in [2.45, 2.75) is 32.9 Å². The highest BCUT2D eigenvalue weighted by atomic mass is 16.5. The van der Waals surface area contributed by atoms with Gasteiger partial charge in [0.05, 0.1) is 7.11 Å². The van der Waals surface area contributed by atoms with Gasteiger partial charge in [0.15, 0.2) is 18.1 Å². The number of aliphatic carboxylic acids is 1. The number of hydrogen-bond acceptors (Lipinski definition) is 5. The number of carboxylic acid groups (broad SMARTS) is 1. The Balaban J connectivity index is 2.73. The first-order valence-electron chi connectivity index (χ1n) is 7.37. The Labute approximate surface area is 135 Å². The van der Waals surface area contributed by atoms with Crippen molar-refractivity contribution < 1.29 is 24.2 Å². The SMILES string of the molecule is COc1cc(CNC(CC(C)C)C(=O)O)ccc1OCC(N)=O. The predicted molar refractivity (Wildman–Crippen MR) is 85.4 cm³/mol. The minimum Gasteiger partial charge on any atom is -0.493 e. The third kappa shape index (κ3) is 6.56. The van der Waals surface area contributed by atoms with Gasteiger partial charge >= 0.3 is 5.97 Å². The molecular weight excluding hydrogens is 300 g/mol.